The monoisotopic (exact) mass is 387 g/mol. The Hall–Kier alpha value is -2.87. The van der Waals surface area contributed by atoms with Crippen molar-refractivity contribution in [2.45, 2.75) is 11.5 Å². The maximum absolute atomic E-state index is 13.6. The lowest BCUT2D eigenvalue weighted by atomic mass is 10.2. The van der Waals surface area contributed by atoms with Crippen LogP contribution in [0.1, 0.15) is 11.3 Å². The number of thioether (sulfide) groups is 1. The fraction of sp³-hybridized carbons (Fsp3) is 0.158. The van der Waals surface area contributed by atoms with E-state index in [4.69, 9.17) is 4.74 Å². The predicted molar refractivity (Wildman–Crippen MR) is 99.0 cm³/mol. The molecule has 1 aliphatic heterocycles. The fourth-order valence-corrected chi connectivity index (χ4v) is 3.82. The summed E-state index contributed by atoms with van der Waals surface area (Å²) in [5, 5.41) is 7.33. The van der Waals surface area contributed by atoms with Gasteiger partial charge in [0.2, 0.25) is 0 Å². The fourth-order valence-electron chi connectivity index (χ4n) is 2.78. The van der Waals surface area contributed by atoms with Crippen LogP contribution in [0.3, 0.4) is 0 Å². The van der Waals surface area contributed by atoms with E-state index < -0.39 is 11.7 Å². The van der Waals surface area contributed by atoms with Crippen LogP contribution in [-0.2, 0) is 16.3 Å². The number of ether oxygens (including phenoxy) is 1. The molecular weight excluding hydrogens is 372 g/mol. The van der Waals surface area contributed by atoms with Crippen LogP contribution >= 0.6 is 11.8 Å². The SMILES string of the molecule is O=C(COc1ccccc1F)Nc1c2c(nn1-c1ccc(F)cc1)CSC2. The Bertz CT molecular complexity index is 989. The number of aromatic nitrogens is 2. The molecule has 138 valence electrons. The zero-order valence-corrected chi connectivity index (χ0v) is 14.9. The Morgan fingerprint density at radius 3 is 2.70 bits per heavy atom. The topological polar surface area (TPSA) is 56.1 Å². The number of nitrogens with zero attached hydrogens (tertiary/aromatic N) is 2. The normalized spacial score (nSPS) is 12.7. The van der Waals surface area contributed by atoms with Gasteiger partial charge in [-0.25, -0.2) is 13.5 Å². The molecule has 27 heavy (non-hydrogen) atoms. The van der Waals surface area contributed by atoms with E-state index in [0.29, 0.717) is 11.5 Å². The zero-order chi connectivity index (χ0) is 18.8. The minimum atomic E-state index is -0.529. The van der Waals surface area contributed by atoms with Gasteiger partial charge in [0.05, 0.1) is 11.4 Å². The smallest absolute Gasteiger partial charge is 0.263 e. The van der Waals surface area contributed by atoms with Crippen molar-refractivity contribution in [2.24, 2.45) is 0 Å². The third kappa shape index (κ3) is 3.66. The lowest BCUT2D eigenvalue weighted by molar-refractivity contribution is -0.118. The van der Waals surface area contributed by atoms with Gasteiger partial charge in [-0.1, -0.05) is 12.1 Å². The summed E-state index contributed by atoms with van der Waals surface area (Å²) in [6.07, 6.45) is 0. The van der Waals surface area contributed by atoms with Gasteiger partial charge in [-0.3, -0.25) is 4.79 Å². The first-order chi connectivity index (χ1) is 13.1. The maximum Gasteiger partial charge on any atom is 0.263 e. The summed E-state index contributed by atoms with van der Waals surface area (Å²) in [6, 6.07) is 11.8. The quantitative estimate of drug-likeness (QED) is 0.721. The van der Waals surface area contributed by atoms with E-state index in [9.17, 15) is 13.6 Å². The van der Waals surface area contributed by atoms with Crippen molar-refractivity contribution in [1.82, 2.24) is 9.78 Å². The second kappa shape index (κ2) is 7.40. The Morgan fingerprint density at radius 2 is 1.93 bits per heavy atom. The average molecular weight is 387 g/mol. The van der Waals surface area contributed by atoms with Crippen molar-refractivity contribution in [3.63, 3.8) is 0 Å². The van der Waals surface area contributed by atoms with Crippen LogP contribution in [0.25, 0.3) is 5.69 Å². The molecule has 5 nitrogen and oxygen atoms in total. The van der Waals surface area contributed by atoms with Gasteiger partial charge in [-0.05, 0) is 36.4 Å². The highest BCUT2D eigenvalue weighted by atomic mass is 32.2. The van der Waals surface area contributed by atoms with E-state index >= 15 is 0 Å². The first-order valence-corrected chi connectivity index (χ1v) is 9.39. The number of benzene rings is 2. The molecule has 0 unspecified atom stereocenters. The Labute approximate surface area is 158 Å². The second-order valence-corrected chi connectivity index (χ2v) is 6.91. The van der Waals surface area contributed by atoms with Gasteiger partial charge in [0.15, 0.2) is 18.2 Å². The average Bonchev–Trinajstić information content (AvgIpc) is 3.24. The molecule has 1 amide bonds. The van der Waals surface area contributed by atoms with Crippen LogP contribution in [0.4, 0.5) is 14.6 Å². The van der Waals surface area contributed by atoms with E-state index in [1.54, 1.807) is 40.7 Å². The summed E-state index contributed by atoms with van der Waals surface area (Å²) >= 11 is 1.70. The summed E-state index contributed by atoms with van der Waals surface area (Å²) < 4.78 is 33.7. The first-order valence-electron chi connectivity index (χ1n) is 8.23. The van der Waals surface area contributed by atoms with Gasteiger partial charge >= 0.3 is 0 Å². The third-order valence-corrected chi connectivity index (χ3v) is 5.05. The standard InChI is InChI=1S/C19H15F2N3O2S/c20-12-5-7-13(8-6-12)24-19(14-10-27-11-16(14)23-24)22-18(25)9-26-17-4-2-1-3-15(17)21/h1-8H,9-11H2,(H,22,25). The summed E-state index contributed by atoms with van der Waals surface area (Å²) in [4.78, 5) is 12.4. The molecule has 2 aromatic carbocycles. The van der Waals surface area contributed by atoms with Gasteiger partial charge in [0.25, 0.3) is 5.91 Å². The van der Waals surface area contributed by atoms with Crippen molar-refractivity contribution in [3.05, 3.63) is 71.4 Å². The van der Waals surface area contributed by atoms with Crippen LogP contribution in [0, 0.1) is 11.6 Å². The van der Waals surface area contributed by atoms with E-state index in [1.165, 1.54) is 24.3 Å². The molecule has 0 atom stereocenters. The molecule has 0 aliphatic carbocycles. The largest absolute Gasteiger partial charge is 0.481 e. The number of halogens is 2. The summed E-state index contributed by atoms with van der Waals surface area (Å²) in [5.41, 5.74) is 2.46. The van der Waals surface area contributed by atoms with Crippen LogP contribution in [0.15, 0.2) is 48.5 Å². The number of anilines is 1. The molecule has 1 aromatic heterocycles. The minimum absolute atomic E-state index is 0.0143. The zero-order valence-electron chi connectivity index (χ0n) is 14.1. The number of hydrogen-bond donors (Lipinski definition) is 1. The maximum atomic E-state index is 13.6. The van der Waals surface area contributed by atoms with Crippen molar-refractivity contribution in [3.8, 4) is 11.4 Å². The summed E-state index contributed by atoms with van der Waals surface area (Å²) in [5.74, 6) is 0.709. The number of rotatable bonds is 5. The Kier molecular flexibility index (Phi) is 4.81. The number of hydrogen-bond acceptors (Lipinski definition) is 4. The highest BCUT2D eigenvalue weighted by Gasteiger charge is 2.25. The molecule has 0 radical (unpaired) electrons. The lowest BCUT2D eigenvalue weighted by Gasteiger charge is -2.12. The first kappa shape index (κ1) is 17.5. The Balaban J connectivity index is 1.55. The molecule has 0 fully saturated rings. The second-order valence-electron chi connectivity index (χ2n) is 5.92. The van der Waals surface area contributed by atoms with E-state index in [0.717, 1.165) is 22.8 Å². The van der Waals surface area contributed by atoms with Gasteiger partial charge in [-0.2, -0.15) is 16.9 Å². The number of carbonyl (C=O) groups is 1. The van der Waals surface area contributed by atoms with Crippen molar-refractivity contribution in [2.75, 3.05) is 11.9 Å². The molecule has 3 aromatic rings. The number of fused-ring (bicyclic) bond motifs is 1. The molecule has 1 N–H and O–H groups in total. The summed E-state index contributed by atoms with van der Waals surface area (Å²) in [7, 11) is 0. The van der Waals surface area contributed by atoms with Crippen LogP contribution in [0.2, 0.25) is 0 Å². The minimum Gasteiger partial charge on any atom is -0.481 e. The molecule has 8 heteroatoms. The van der Waals surface area contributed by atoms with Crippen molar-refractivity contribution in [1.29, 1.82) is 0 Å². The van der Waals surface area contributed by atoms with Crippen molar-refractivity contribution < 1.29 is 18.3 Å². The van der Waals surface area contributed by atoms with Crippen LogP contribution in [-0.4, -0.2) is 22.3 Å². The van der Waals surface area contributed by atoms with E-state index in [2.05, 4.69) is 10.4 Å². The molecule has 2 heterocycles. The van der Waals surface area contributed by atoms with Crippen LogP contribution in [0.5, 0.6) is 5.75 Å². The molecule has 0 saturated heterocycles. The molecule has 1 aliphatic rings. The lowest BCUT2D eigenvalue weighted by Crippen LogP contribution is -2.22. The van der Waals surface area contributed by atoms with Gasteiger partial charge < -0.3 is 10.1 Å². The Morgan fingerprint density at radius 1 is 1.15 bits per heavy atom. The molecule has 0 bridgehead atoms. The van der Waals surface area contributed by atoms with E-state index in [1.807, 2.05) is 0 Å². The van der Waals surface area contributed by atoms with Gasteiger partial charge in [0, 0.05) is 17.1 Å². The highest BCUT2D eigenvalue weighted by molar-refractivity contribution is 7.98. The van der Waals surface area contributed by atoms with Crippen molar-refractivity contribution >= 4 is 23.5 Å². The molecule has 4 rings (SSSR count). The number of carbonyl (C=O) groups excluding carboxylic acids is 1. The third-order valence-electron chi connectivity index (χ3n) is 4.08. The highest BCUT2D eigenvalue weighted by Crippen LogP contribution is 2.36. The van der Waals surface area contributed by atoms with Crippen LogP contribution < -0.4 is 10.1 Å². The van der Waals surface area contributed by atoms with Gasteiger partial charge in [0.1, 0.15) is 11.6 Å². The van der Waals surface area contributed by atoms with E-state index in [-0.39, 0.29) is 18.2 Å². The molecular formula is C19H15F2N3O2S. The molecule has 0 saturated carbocycles. The number of amides is 1. The molecule has 0 spiro atoms. The van der Waals surface area contributed by atoms with Gasteiger partial charge in [-0.15, -0.1) is 0 Å². The number of para-hydroxylation sites is 1. The predicted octanol–water partition coefficient (Wildman–Crippen LogP) is 3.91. The number of nitrogens with one attached hydrogen (secondary N) is 1. The summed E-state index contributed by atoms with van der Waals surface area (Å²) in [6.45, 7) is -0.336.